The third kappa shape index (κ3) is 2.09. The smallest absolute Gasteiger partial charge is 0.222 e. The average molecular weight is 208 g/mol. The highest BCUT2D eigenvalue weighted by Gasteiger charge is 2.20. The molecular weight excluding hydrogens is 195 g/mol. The standard InChI is InChI=1S/C11H13FN2O/c12-9-4-3-8(10(13)6-9)7-14-5-1-2-11(14)15/h3-4,6H,1-2,5,7,13H2. The van der Waals surface area contributed by atoms with Crippen molar-refractivity contribution in [3.05, 3.63) is 29.6 Å². The molecule has 4 heteroatoms. The minimum atomic E-state index is -0.344. The minimum Gasteiger partial charge on any atom is -0.398 e. The number of nitrogen functional groups attached to an aromatic ring is 1. The number of amides is 1. The van der Waals surface area contributed by atoms with Crippen molar-refractivity contribution in [1.29, 1.82) is 0 Å². The quantitative estimate of drug-likeness (QED) is 0.749. The number of rotatable bonds is 2. The molecule has 2 N–H and O–H groups in total. The van der Waals surface area contributed by atoms with Crippen molar-refractivity contribution in [2.75, 3.05) is 12.3 Å². The molecule has 0 saturated carbocycles. The fourth-order valence-electron chi connectivity index (χ4n) is 1.79. The van der Waals surface area contributed by atoms with E-state index in [0.29, 0.717) is 18.7 Å². The fourth-order valence-corrected chi connectivity index (χ4v) is 1.79. The zero-order chi connectivity index (χ0) is 10.8. The SMILES string of the molecule is Nc1cc(F)ccc1CN1CCCC1=O. The Morgan fingerprint density at radius 2 is 2.27 bits per heavy atom. The van der Waals surface area contributed by atoms with Crippen LogP contribution in [-0.2, 0) is 11.3 Å². The first-order chi connectivity index (χ1) is 7.16. The van der Waals surface area contributed by atoms with Crippen LogP contribution in [0.1, 0.15) is 18.4 Å². The molecule has 1 saturated heterocycles. The van der Waals surface area contributed by atoms with Gasteiger partial charge in [-0.25, -0.2) is 4.39 Å². The van der Waals surface area contributed by atoms with Crippen molar-refractivity contribution in [2.24, 2.45) is 0 Å². The van der Waals surface area contributed by atoms with Gasteiger partial charge in [-0.15, -0.1) is 0 Å². The lowest BCUT2D eigenvalue weighted by Gasteiger charge is -2.16. The largest absolute Gasteiger partial charge is 0.398 e. The second-order valence-electron chi connectivity index (χ2n) is 3.76. The van der Waals surface area contributed by atoms with E-state index in [1.54, 1.807) is 11.0 Å². The van der Waals surface area contributed by atoms with E-state index in [-0.39, 0.29) is 11.7 Å². The maximum Gasteiger partial charge on any atom is 0.222 e. The predicted molar refractivity (Wildman–Crippen MR) is 55.5 cm³/mol. The summed E-state index contributed by atoms with van der Waals surface area (Å²) in [5.74, 6) is -0.192. The van der Waals surface area contributed by atoms with E-state index in [0.717, 1.165) is 18.5 Å². The molecular formula is C11H13FN2O. The number of anilines is 1. The summed E-state index contributed by atoms with van der Waals surface area (Å²) in [5.41, 5.74) is 6.89. The molecule has 80 valence electrons. The molecule has 1 aromatic carbocycles. The zero-order valence-corrected chi connectivity index (χ0v) is 8.37. The fraction of sp³-hybridized carbons (Fsp3) is 0.364. The lowest BCUT2D eigenvalue weighted by atomic mass is 10.1. The highest BCUT2D eigenvalue weighted by atomic mass is 19.1. The van der Waals surface area contributed by atoms with Crippen molar-refractivity contribution >= 4 is 11.6 Å². The number of nitrogens with two attached hydrogens (primary N) is 1. The molecule has 0 unspecified atom stereocenters. The number of carbonyl (C=O) groups is 1. The lowest BCUT2D eigenvalue weighted by Crippen LogP contribution is -2.24. The third-order valence-electron chi connectivity index (χ3n) is 2.64. The van der Waals surface area contributed by atoms with Crippen LogP contribution in [0.3, 0.4) is 0 Å². The normalized spacial score (nSPS) is 16.1. The Morgan fingerprint density at radius 1 is 1.47 bits per heavy atom. The molecule has 2 rings (SSSR count). The Labute approximate surface area is 87.7 Å². The van der Waals surface area contributed by atoms with Crippen molar-refractivity contribution in [3.8, 4) is 0 Å². The van der Waals surface area contributed by atoms with Crippen molar-refractivity contribution in [1.82, 2.24) is 4.90 Å². The summed E-state index contributed by atoms with van der Waals surface area (Å²) in [6.45, 7) is 1.26. The number of hydrogen-bond donors (Lipinski definition) is 1. The van der Waals surface area contributed by atoms with Crippen LogP contribution in [-0.4, -0.2) is 17.4 Å². The van der Waals surface area contributed by atoms with E-state index in [2.05, 4.69) is 0 Å². The summed E-state index contributed by atoms with van der Waals surface area (Å²) in [6, 6.07) is 4.29. The summed E-state index contributed by atoms with van der Waals surface area (Å²) < 4.78 is 12.8. The molecule has 1 heterocycles. The number of nitrogens with zero attached hydrogens (tertiary/aromatic N) is 1. The van der Waals surface area contributed by atoms with Gasteiger partial charge in [-0.3, -0.25) is 4.79 Å². The van der Waals surface area contributed by atoms with E-state index in [9.17, 15) is 9.18 Å². The molecule has 0 aliphatic carbocycles. The first-order valence-electron chi connectivity index (χ1n) is 4.98. The second kappa shape index (κ2) is 3.88. The van der Waals surface area contributed by atoms with Crippen LogP contribution in [0.25, 0.3) is 0 Å². The topological polar surface area (TPSA) is 46.3 Å². The number of halogens is 1. The first-order valence-corrected chi connectivity index (χ1v) is 4.98. The molecule has 1 amide bonds. The third-order valence-corrected chi connectivity index (χ3v) is 2.64. The van der Waals surface area contributed by atoms with Gasteiger partial charge in [0.1, 0.15) is 5.82 Å². The van der Waals surface area contributed by atoms with Crippen LogP contribution >= 0.6 is 0 Å². The van der Waals surface area contributed by atoms with Gasteiger partial charge in [0.15, 0.2) is 0 Å². The second-order valence-corrected chi connectivity index (χ2v) is 3.76. The number of likely N-dealkylation sites (tertiary alicyclic amines) is 1. The van der Waals surface area contributed by atoms with Crippen LogP contribution < -0.4 is 5.73 Å². The predicted octanol–water partition coefficient (Wildman–Crippen LogP) is 1.53. The Bertz CT molecular complexity index is 392. The molecule has 15 heavy (non-hydrogen) atoms. The Hall–Kier alpha value is -1.58. The summed E-state index contributed by atoms with van der Waals surface area (Å²) in [6.07, 6.45) is 1.51. The molecule has 0 atom stereocenters. The van der Waals surface area contributed by atoms with Gasteiger partial charge in [0.25, 0.3) is 0 Å². The Kier molecular flexibility index (Phi) is 2.58. The molecule has 0 radical (unpaired) electrons. The molecule has 3 nitrogen and oxygen atoms in total. The van der Waals surface area contributed by atoms with E-state index < -0.39 is 0 Å². The molecule has 1 aromatic rings. The van der Waals surface area contributed by atoms with E-state index >= 15 is 0 Å². The molecule has 1 fully saturated rings. The van der Waals surface area contributed by atoms with Crippen molar-refractivity contribution in [3.63, 3.8) is 0 Å². The summed E-state index contributed by atoms with van der Waals surface area (Å²) in [4.78, 5) is 13.1. The Morgan fingerprint density at radius 3 is 2.87 bits per heavy atom. The Balaban J connectivity index is 2.13. The van der Waals surface area contributed by atoms with Crippen molar-refractivity contribution in [2.45, 2.75) is 19.4 Å². The zero-order valence-electron chi connectivity index (χ0n) is 8.37. The van der Waals surface area contributed by atoms with Crippen LogP contribution in [0.15, 0.2) is 18.2 Å². The van der Waals surface area contributed by atoms with Gasteiger partial charge in [-0.1, -0.05) is 6.07 Å². The van der Waals surface area contributed by atoms with Gasteiger partial charge in [-0.2, -0.15) is 0 Å². The van der Waals surface area contributed by atoms with E-state index in [1.165, 1.54) is 12.1 Å². The van der Waals surface area contributed by atoms with Gasteiger partial charge >= 0.3 is 0 Å². The molecule has 1 aliphatic rings. The number of hydrogen-bond acceptors (Lipinski definition) is 2. The molecule has 0 aromatic heterocycles. The molecule has 0 spiro atoms. The van der Waals surface area contributed by atoms with E-state index in [1.807, 2.05) is 0 Å². The van der Waals surface area contributed by atoms with Gasteiger partial charge < -0.3 is 10.6 Å². The van der Waals surface area contributed by atoms with Gasteiger partial charge in [0, 0.05) is 25.2 Å². The first kappa shape index (κ1) is 9.96. The highest BCUT2D eigenvalue weighted by Crippen LogP contribution is 2.19. The van der Waals surface area contributed by atoms with E-state index in [4.69, 9.17) is 5.73 Å². The van der Waals surface area contributed by atoms with Gasteiger partial charge in [-0.05, 0) is 24.1 Å². The highest BCUT2D eigenvalue weighted by molar-refractivity contribution is 5.78. The molecule has 0 bridgehead atoms. The van der Waals surface area contributed by atoms with Crippen molar-refractivity contribution < 1.29 is 9.18 Å². The van der Waals surface area contributed by atoms with Crippen LogP contribution in [0.5, 0.6) is 0 Å². The summed E-state index contributed by atoms with van der Waals surface area (Å²) in [7, 11) is 0. The lowest BCUT2D eigenvalue weighted by molar-refractivity contribution is -0.128. The van der Waals surface area contributed by atoms with Crippen LogP contribution in [0.4, 0.5) is 10.1 Å². The number of carbonyl (C=O) groups excluding carboxylic acids is 1. The average Bonchev–Trinajstić information content (AvgIpc) is 2.57. The minimum absolute atomic E-state index is 0.152. The van der Waals surface area contributed by atoms with Gasteiger partial charge in [0.2, 0.25) is 5.91 Å². The van der Waals surface area contributed by atoms with Crippen LogP contribution in [0.2, 0.25) is 0 Å². The monoisotopic (exact) mass is 208 g/mol. The maximum atomic E-state index is 12.8. The summed E-state index contributed by atoms with van der Waals surface area (Å²) >= 11 is 0. The van der Waals surface area contributed by atoms with Crippen LogP contribution in [0, 0.1) is 5.82 Å². The van der Waals surface area contributed by atoms with Gasteiger partial charge in [0.05, 0.1) is 0 Å². The summed E-state index contributed by atoms with van der Waals surface area (Å²) in [5, 5.41) is 0. The molecule has 1 aliphatic heterocycles. The number of benzene rings is 1. The maximum absolute atomic E-state index is 12.8.